The van der Waals surface area contributed by atoms with Gasteiger partial charge in [-0.15, -0.1) is 0 Å². The maximum Gasteiger partial charge on any atom is 0.326 e. The molecule has 1 fully saturated rings. The van der Waals surface area contributed by atoms with Gasteiger partial charge in [0.25, 0.3) is 0 Å². The van der Waals surface area contributed by atoms with E-state index in [0.29, 0.717) is 29.8 Å². The van der Waals surface area contributed by atoms with E-state index in [1.165, 1.54) is 6.42 Å². The van der Waals surface area contributed by atoms with Crippen molar-refractivity contribution in [2.45, 2.75) is 89.6 Å². The predicted molar refractivity (Wildman–Crippen MR) is 163 cm³/mol. The first kappa shape index (κ1) is 31.3. The lowest BCUT2D eigenvalue weighted by Crippen LogP contribution is -2.46. The number of ether oxygens (including phenoxy) is 2. The second-order valence-corrected chi connectivity index (χ2v) is 12.0. The number of carbonyl (C=O) groups is 2. The average Bonchev–Trinajstić information content (AvgIpc) is 2.96. The number of nitrogens with one attached hydrogen (secondary N) is 1. The lowest BCUT2D eigenvalue weighted by atomic mass is 9.97. The van der Waals surface area contributed by atoms with E-state index in [4.69, 9.17) is 9.47 Å². The summed E-state index contributed by atoms with van der Waals surface area (Å²) in [5.74, 6) is -0.716. The monoisotopic (exact) mass is 573 g/mol. The van der Waals surface area contributed by atoms with Gasteiger partial charge in [-0.2, -0.15) is 0 Å². The van der Waals surface area contributed by atoms with Gasteiger partial charge in [-0.1, -0.05) is 73.2 Å². The summed E-state index contributed by atoms with van der Waals surface area (Å²) in [6.45, 7) is 5.89. The van der Waals surface area contributed by atoms with Gasteiger partial charge in [0.05, 0.1) is 12.5 Å². The third-order valence-corrected chi connectivity index (χ3v) is 7.44. The summed E-state index contributed by atoms with van der Waals surface area (Å²) in [5.41, 5.74) is 3.72. The number of aliphatic hydroxyl groups is 1. The fourth-order valence-electron chi connectivity index (χ4n) is 5.28. The van der Waals surface area contributed by atoms with Crippen LogP contribution in [0, 0.1) is 0 Å². The molecule has 3 aromatic carbocycles. The zero-order chi connectivity index (χ0) is 30.1. The van der Waals surface area contributed by atoms with Crippen molar-refractivity contribution in [3.8, 4) is 16.9 Å². The minimum absolute atomic E-state index is 0.0719. The molecule has 3 N–H and O–H groups in total. The van der Waals surface area contributed by atoms with Crippen molar-refractivity contribution in [1.82, 2.24) is 5.32 Å². The molecule has 0 saturated heterocycles. The molecule has 2 atom stereocenters. The summed E-state index contributed by atoms with van der Waals surface area (Å²) in [5, 5.41) is 23.6. The third-order valence-electron chi connectivity index (χ3n) is 7.44. The molecule has 0 bridgehead atoms. The molecule has 42 heavy (non-hydrogen) atoms. The second kappa shape index (κ2) is 14.5. The number of aliphatic carboxylic acids is 1. The van der Waals surface area contributed by atoms with Crippen molar-refractivity contribution in [3.05, 3.63) is 89.5 Å². The number of carboxylic acids is 1. The zero-order valence-electron chi connectivity index (χ0n) is 24.8. The first-order chi connectivity index (χ1) is 20.1. The van der Waals surface area contributed by atoms with Crippen molar-refractivity contribution < 1.29 is 29.3 Å². The van der Waals surface area contributed by atoms with E-state index in [0.717, 1.165) is 42.4 Å². The van der Waals surface area contributed by atoms with E-state index in [1.807, 2.05) is 81.4 Å². The van der Waals surface area contributed by atoms with E-state index in [-0.39, 0.29) is 12.5 Å². The van der Waals surface area contributed by atoms with Crippen LogP contribution >= 0.6 is 0 Å². The van der Waals surface area contributed by atoms with Crippen LogP contribution in [0.4, 0.5) is 0 Å². The topological polar surface area (TPSA) is 105 Å². The van der Waals surface area contributed by atoms with Crippen LogP contribution in [-0.4, -0.2) is 46.4 Å². The molecule has 1 aliphatic rings. The Morgan fingerprint density at radius 1 is 0.929 bits per heavy atom. The van der Waals surface area contributed by atoms with Gasteiger partial charge in [0.1, 0.15) is 23.5 Å². The molecule has 0 amide bonds. The maximum atomic E-state index is 13.0. The Kier molecular flexibility index (Phi) is 10.8. The first-order valence-corrected chi connectivity index (χ1v) is 14.9. The van der Waals surface area contributed by atoms with Gasteiger partial charge < -0.3 is 25.0 Å². The number of hydrogen-bond donors (Lipinski definition) is 3. The standard InChI is InChI=1S/C35H43NO6/c1-35(2,3)42-34(40)32(33(39)26-10-6-4-7-11-26)36-21-20-24-14-16-25(17-15-24)27-18-19-28(23-31(37)38)30(22-27)41-29-12-8-5-9-13-29/h4,6-7,10-11,14-19,22,29,32-33,36,39H,5,8-9,12-13,20-21,23H2,1-3H3,(H,37,38)/t32?,33-/m1/s1. The van der Waals surface area contributed by atoms with Crippen LogP contribution in [0.15, 0.2) is 72.8 Å². The number of aliphatic hydroxyl groups excluding tert-OH is 1. The summed E-state index contributed by atoms with van der Waals surface area (Å²) >= 11 is 0. The summed E-state index contributed by atoms with van der Waals surface area (Å²) < 4.78 is 11.9. The smallest absolute Gasteiger partial charge is 0.326 e. The summed E-state index contributed by atoms with van der Waals surface area (Å²) in [6, 6.07) is 22.1. The summed E-state index contributed by atoms with van der Waals surface area (Å²) in [4.78, 5) is 24.4. The molecule has 1 unspecified atom stereocenters. The largest absolute Gasteiger partial charge is 0.490 e. The number of hydrogen-bond acceptors (Lipinski definition) is 6. The quantitative estimate of drug-likeness (QED) is 0.219. The number of carbonyl (C=O) groups excluding carboxylic acids is 1. The van der Waals surface area contributed by atoms with Gasteiger partial charge in [0.2, 0.25) is 0 Å². The average molecular weight is 574 g/mol. The minimum Gasteiger partial charge on any atom is -0.490 e. The maximum absolute atomic E-state index is 13.0. The molecule has 7 heteroatoms. The Bertz CT molecular complexity index is 1310. The highest BCUT2D eigenvalue weighted by molar-refractivity contribution is 5.77. The van der Waals surface area contributed by atoms with Crippen LogP contribution in [0.2, 0.25) is 0 Å². The highest BCUT2D eigenvalue weighted by Gasteiger charge is 2.31. The molecular formula is C35H43NO6. The number of benzene rings is 3. The molecule has 3 aromatic rings. The van der Waals surface area contributed by atoms with Crippen molar-refractivity contribution in [1.29, 1.82) is 0 Å². The molecule has 0 heterocycles. The van der Waals surface area contributed by atoms with Gasteiger partial charge >= 0.3 is 11.9 Å². The van der Waals surface area contributed by atoms with Crippen molar-refractivity contribution >= 4 is 11.9 Å². The van der Waals surface area contributed by atoms with Crippen LogP contribution in [0.25, 0.3) is 11.1 Å². The number of esters is 1. The van der Waals surface area contributed by atoms with Crippen LogP contribution < -0.4 is 10.1 Å². The molecular weight excluding hydrogens is 530 g/mol. The highest BCUT2D eigenvalue weighted by atomic mass is 16.6. The van der Waals surface area contributed by atoms with Crippen LogP contribution in [0.5, 0.6) is 5.75 Å². The molecule has 0 aliphatic heterocycles. The Morgan fingerprint density at radius 3 is 2.24 bits per heavy atom. The van der Waals surface area contributed by atoms with Gasteiger partial charge in [-0.3, -0.25) is 9.59 Å². The molecule has 224 valence electrons. The SMILES string of the molecule is CC(C)(C)OC(=O)C(NCCc1ccc(-c2ccc(CC(=O)O)c(OC3CCCCC3)c2)cc1)[C@H](O)c1ccccc1. The number of rotatable bonds is 12. The normalized spacial score (nSPS) is 15.5. The molecule has 1 aliphatic carbocycles. The lowest BCUT2D eigenvalue weighted by Gasteiger charge is -2.27. The fraction of sp³-hybridized carbons (Fsp3) is 0.429. The van der Waals surface area contributed by atoms with Crippen LogP contribution in [0.1, 0.15) is 75.7 Å². The van der Waals surface area contributed by atoms with Gasteiger partial charge in [-0.25, -0.2) is 0 Å². The van der Waals surface area contributed by atoms with E-state index in [9.17, 15) is 19.8 Å². The second-order valence-electron chi connectivity index (χ2n) is 12.0. The van der Waals surface area contributed by atoms with Crippen LogP contribution in [-0.2, 0) is 27.2 Å². The third kappa shape index (κ3) is 9.16. The van der Waals surface area contributed by atoms with Gasteiger partial charge in [0, 0.05) is 12.1 Å². The molecule has 0 aromatic heterocycles. The lowest BCUT2D eigenvalue weighted by molar-refractivity contribution is -0.160. The van der Waals surface area contributed by atoms with E-state index in [1.54, 1.807) is 12.1 Å². The molecule has 4 rings (SSSR count). The predicted octanol–water partition coefficient (Wildman–Crippen LogP) is 6.27. The Balaban J connectivity index is 1.43. The number of carboxylic acid groups (broad SMARTS) is 1. The minimum atomic E-state index is -1.04. The van der Waals surface area contributed by atoms with Gasteiger partial charge in [-0.05, 0) is 81.2 Å². The van der Waals surface area contributed by atoms with E-state index in [2.05, 4.69) is 5.32 Å². The van der Waals surface area contributed by atoms with Crippen molar-refractivity contribution in [3.63, 3.8) is 0 Å². The van der Waals surface area contributed by atoms with Crippen molar-refractivity contribution in [2.75, 3.05) is 6.54 Å². The summed E-state index contributed by atoms with van der Waals surface area (Å²) in [6.07, 6.45) is 5.15. The van der Waals surface area contributed by atoms with Crippen molar-refractivity contribution in [2.24, 2.45) is 0 Å². The molecule has 1 saturated carbocycles. The highest BCUT2D eigenvalue weighted by Crippen LogP contribution is 2.31. The Morgan fingerprint density at radius 2 is 1.60 bits per heavy atom. The van der Waals surface area contributed by atoms with Crippen LogP contribution in [0.3, 0.4) is 0 Å². The summed E-state index contributed by atoms with van der Waals surface area (Å²) in [7, 11) is 0. The molecule has 0 radical (unpaired) electrons. The zero-order valence-corrected chi connectivity index (χ0v) is 24.8. The molecule has 7 nitrogen and oxygen atoms in total. The fourth-order valence-corrected chi connectivity index (χ4v) is 5.28. The first-order valence-electron chi connectivity index (χ1n) is 14.9. The molecule has 0 spiro atoms. The van der Waals surface area contributed by atoms with E-state index < -0.39 is 29.7 Å². The Hall–Kier alpha value is -3.68. The van der Waals surface area contributed by atoms with Gasteiger partial charge in [0.15, 0.2) is 0 Å². The Labute approximate surface area is 248 Å². The van der Waals surface area contributed by atoms with E-state index >= 15 is 0 Å².